The topological polar surface area (TPSA) is 36.5 Å². The highest BCUT2D eigenvalue weighted by Gasteiger charge is 2.03. The second-order valence-corrected chi connectivity index (χ2v) is 4.65. The molecule has 5 heteroatoms. The Morgan fingerprint density at radius 1 is 1.44 bits per heavy atom. The minimum Gasteiger partial charge on any atom is -0.385 e. The highest BCUT2D eigenvalue weighted by atomic mass is 32.1. The molecule has 4 nitrogen and oxygen atoms in total. The van der Waals surface area contributed by atoms with E-state index in [0.717, 1.165) is 37.7 Å². The number of methoxy groups -OCH3 is 1. The average Bonchev–Trinajstić information content (AvgIpc) is 2.21. The zero-order valence-corrected chi connectivity index (χ0v) is 11.7. The van der Waals surface area contributed by atoms with Gasteiger partial charge in [-0.15, -0.1) is 0 Å². The summed E-state index contributed by atoms with van der Waals surface area (Å²) in [6, 6.07) is 0.407. The van der Waals surface area contributed by atoms with Crippen LogP contribution in [0.5, 0.6) is 0 Å². The number of hydrogen-bond acceptors (Lipinski definition) is 3. The Labute approximate surface area is 105 Å². The zero-order chi connectivity index (χ0) is 12.4. The lowest BCUT2D eigenvalue weighted by Gasteiger charge is -2.18. The van der Waals surface area contributed by atoms with Crippen molar-refractivity contribution < 1.29 is 4.74 Å². The summed E-state index contributed by atoms with van der Waals surface area (Å²) in [5.41, 5.74) is 0. The highest BCUT2D eigenvalue weighted by molar-refractivity contribution is 7.80. The molecule has 1 unspecified atom stereocenters. The predicted molar refractivity (Wildman–Crippen MR) is 72.9 cm³/mol. The first kappa shape index (κ1) is 15.6. The van der Waals surface area contributed by atoms with Crippen LogP contribution in [0, 0.1) is 0 Å². The molecule has 16 heavy (non-hydrogen) atoms. The van der Waals surface area contributed by atoms with E-state index in [2.05, 4.69) is 36.6 Å². The largest absolute Gasteiger partial charge is 0.385 e. The van der Waals surface area contributed by atoms with Crippen LogP contribution < -0.4 is 10.6 Å². The van der Waals surface area contributed by atoms with Crippen molar-refractivity contribution in [1.82, 2.24) is 15.5 Å². The monoisotopic (exact) mass is 247 g/mol. The van der Waals surface area contributed by atoms with Crippen LogP contribution in [0.2, 0.25) is 0 Å². The van der Waals surface area contributed by atoms with Crippen LogP contribution in [-0.2, 0) is 4.74 Å². The molecule has 1 atom stereocenters. The van der Waals surface area contributed by atoms with E-state index < -0.39 is 0 Å². The first-order valence-electron chi connectivity index (χ1n) is 5.74. The third kappa shape index (κ3) is 10.1. The maximum Gasteiger partial charge on any atom is 0.166 e. The average molecular weight is 247 g/mol. The molecule has 0 aliphatic rings. The van der Waals surface area contributed by atoms with Crippen LogP contribution in [0.15, 0.2) is 0 Å². The van der Waals surface area contributed by atoms with Crippen LogP contribution in [-0.4, -0.2) is 57.0 Å². The van der Waals surface area contributed by atoms with Gasteiger partial charge in [-0.05, 0) is 52.6 Å². The summed E-state index contributed by atoms with van der Waals surface area (Å²) < 4.78 is 4.96. The normalized spacial score (nSPS) is 12.6. The zero-order valence-electron chi connectivity index (χ0n) is 10.9. The summed E-state index contributed by atoms with van der Waals surface area (Å²) in [5, 5.41) is 7.17. The predicted octanol–water partition coefficient (Wildman–Crippen LogP) is 0.827. The molecule has 0 amide bonds. The van der Waals surface area contributed by atoms with Crippen molar-refractivity contribution in [2.75, 3.05) is 40.9 Å². The van der Waals surface area contributed by atoms with Crippen LogP contribution in [0.4, 0.5) is 0 Å². The fourth-order valence-corrected chi connectivity index (χ4v) is 1.52. The summed E-state index contributed by atoms with van der Waals surface area (Å²) in [6.07, 6.45) is 2.07. The molecule has 0 saturated carbocycles. The molecule has 2 N–H and O–H groups in total. The van der Waals surface area contributed by atoms with Crippen molar-refractivity contribution in [3.63, 3.8) is 0 Å². The van der Waals surface area contributed by atoms with Gasteiger partial charge < -0.3 is 20.3 Å². The van der Waals surface area contributed by atoms with E-state index >= 15 is 0 Å². The summed E-state index contributed by atoms with van der Waals surface area (Å²) >= 11 is 5.18. The molecular weight excluding hydrogens is 222 g/mol. The third-order valence-electron chi connectivity index (χ3n) is 2.20. The molecule has 0 bridgehead atoms. The third-order valence-corrected chi connectivity index (χ3v) is 2.46. The molecule has 0 aromatic rings. The van der Waals surface area contributed by atoms with Gasteiger partial charge in [0.15, 0.2) is 5.11 Å². The summed E-state index contributed by atoms with van der Waals surface area (Å²) in [4.78, 5) is 2.17. The minimum absolute atomic E-state index is 0.407. The molecule has 0 spiro atoms. The van der Waals surface area contributed by atoms with Crippen molar-refractivity contribution in [2.24, 2.45) is 0 Å². The lowest BCUT2D eigenvalue weighted by molar-refractivity contribution is 0.195. The Balaban J connectivity index is 3.46. The van der Waals surface area contributed by atoms with Gasteiger partial charge in [0.1, 0.15) is 0 Å². The number of nitrogens with one attached hydrogen (secondary N) is 2. The molecule has 0 aromatic carbocycles. The Morgan fingerprint density at radius 3 is 2.69 bits per heavy atom. The molecule has 0 radical (unpaired) electrons. The molecular formula is C11H25N3OS. The fraction of sp³-hybridized carbons (Fsp3) is 0.909. The van der Waals surface area contributed by atoms with Gasteiger partial charge in [-0.25, -0.2) is 0 Å². The molecule has 0 saturated heterocycles. The van der Waals surface area contributed by atoms with Crippen molar-refractivity contribution in [3.05, 3.63) is 0 Å². The fourth-order valence-electron chi connectivity index (χ4n) is 1.22. The van der Waals surface area contributed by atoms with Gasteiger partial charge in [-0.3, -0.25) is 0 Å². The van der Waals surface area contributed by atoms with Gasteiger partial charge in [0, 0.05) is 26.3 Å². The maximum atomic E-state index is 5.18. The summed E-state index contributed by atoms with van der Waals surface area (Å²) in [5.74, 6) is 0. The van der Waals surface area contributed by atoms with Crippen LogP contribution in [0.25, 0.3) is 0 Å². The number of thiocarbonyl (C=S) groups is 1. The quantitative estimate of drug-likeness (QED) is 0.491. The lowest BCUT2D eigenvalue weighted by atomic mass is 10.2. The van der Waals surface area contributed by atoms with E-state index in [4.69, 9.17) is 17.0 Å². The lowest BCUT2D eigenvalue weighted by Crippen LogP contribution is -2.42. The second-order valence-electron chi connectivity index (χ2n) is 4.24. The number of nitrogens with zero attached hydrogens (tertiary/aromatic N) is 1. The molecule has 0 heterocycles. The Bertz CT molecular complexity index is 188. The number of rotatable bonds is 8. The Morgan fingerprint density at radius 2 is 2.12 bits per heavy atom. The van der Waals surface area contributed by atoms with E-state index in [0.29, 0.717) is 6.04 Å². The summed E-state index contributed by atoms with van der Waals surface area (Å²) in [6.45, 7) is 4.85. The van der Waals surface area contributed by atoms with Gasteiger partial charge in [-0.2, -0.15) is 0 Å². The van der Waals surface area contributed by atoms with Crippen molar-refractivity contribution in [1.29, 1.82) is 0 Å². The van der Waals surface area contributed by atoms with Crippen molar-refractivity contribution >= 4 is 17.3 Å². The van der Waals surface area contributed by atoms with Gasteiger partial charge in [0.25, 0.3) is 0 Å². The van der Waals surface area contributed by atoms with Gasteiger partial charge >= 0.3 is 0 Å². The molecule has 0 aliphatic heterocycles. The molecule has 0 rings (SSSR count). The van der Waals surface area contributed by atoms with E-state index in [1.807, 2.05) is 0 Å². The highest BCUT2D eigenvalue weighted by Crippen LogP contribution is 1.92. The summed E-state index contributed by atoms with van der Waals surface area (Å²) in [7, 11) is 5.86. The van der Waals surface area contributed by atoms with E-state index in [9.17, 15) is 0 Å². The van der Waals surface area contributed by atoms with Crippen LogP contribution >= 0.6 is 12.2 Å². The second kappa shape index (κ2) is 9.81. The standard InChI is InChI=1S/C11H25N3OS/c1-10(6-8-14(2)3)13-11(16)12-7-5-9-15-4/h10H,5-9H2,1-4H3,(H2,12,13,16). The molecule has 96 valence electrons. The van der Waals surface area contributed by atoms with E-state index in [-0.39, 0.29) is 0 Å². The first-order valence-corrected chi connectivity index (χ1v) is 6.15. The van der Waals surface area contributed by atoms with Gasteiger partial charge in [-0.1, -0.05) is 0 Å². The first-order chi connectivity index (χ1) is 7.56. The molecule has 0 aromatic heterocycles. The minimum atomic E-state index is 0.407. The van der Waals surface area contributed by atoms with Gasteiger partial charge in [0.2, 0.25) is 0 Å². The Kier molecular flexibility index (Phi) is 9.57. The van der Waals surface area contributed by atoms with Crippen LogP contribution in [0.3, 0.4) is 0 Å². The molecule has 0 fully saturated rings. The van der Waals surface area contributed by atoms with Crippen molar-refractivity contribution in [2.45, 2.75) is 25.8 Å². The Hall–Kier alpha value is -0.390. The SMILES string of the molecule is COCCCNC(=S)NC(C)CCN(C)C. The van der Waals surface area contributed by atoms with E-state index in [1.54, 1.807) is 7.11 Å². The molecule has 0 aliphatic carbocycles. The maximum absolute atomic E-state index is 5.18. The van der Waals surface area contributed by atoms with Crippen molar-refractivity contribution in [3.8, 4) is 0 Å². The number of ether oxygens (including phenoxy) is 1. The van der Waals surface area contributed by atoms with Gasteiger partial charge in [0.05, 0.1) is 0 Å². The smallest absolute Gasteiger partial charge is 0.166 e. The number of hydrogen-bond donors (Lipinski definition) is 2. The van der Waals surface area contributed by atoms with Crippen LogP contribution in [0.1, 0.15) is 19.8 Å². The van der Waals surface area contributed by atoms with E-state index in [1.165, 1.54) is 0 Å².